The quantitative estimate of drug-likeness (QED) is 0.713. The number of nitrogens with zero attached hydrogens (tertiary/aromatic N) is 4. The number of hydrogen-bond acceptors (Lipinski definition) is 4. The summed E-state index contributed by atoms with van der Waals surface area (Å²) in [5, 5.41) is 17.1. The lowest BCUT2D eigenvalue weighted by molar-refractivity contribution is -0.169. The van der Waals surface area contributed by atoms with E-state index in [-0.39, 0.29) is 12.1 Å². The number of nitrogens with one attached hydrogen (secondary N) is 1. The lowest BCUT2D eigenvalue weighted by Crippen LogP contribution is -2.74. The summed E-state index contributed by atoms with van der Waals surface area (Å²) in [4.78, 5) is 30.7. The van der Waals surface area contributed by atoms with Gasteiger partial charge in [-0.1, -0.05) is 6.07 Å². The first-order chi connectivity index (χ1) is 14.0. The topological polar surface area (TPSA) is 99.8 Å². The Morgan fingerprint density at radius 1 is 1.31 bits per heavy atom. The number of amides is 2. The van der Waals surface area contributed by atoms with E-state index in [0.29, 0.717) is 24.4 Å². The highest BCUT2D eigenvalue weighted by Crippen LogP contribution is 2.47. The average molecular weight is 391 g/mol. The van der Waals surface area contributed by atoms with Gasteiger partial charge < -0.3 is 15.3 Å². The summed E-state index contributed by atoms with van der Waals surface area (Å²) >= 11 is 0. The Morgan fingerprint density at radius 3 is 2.97 bits per heavy atom. The summed E-state index contributed by atoms with van der Waals surface area (Å²) in [5.41, 5.74) is 2.24. The second-order valence-corrected chi connectivity index (χ2v) is 7.88. The van der Waals surface area contributed by atoms with Gasteiger partial charge in [0.2, 0.25) is 0 Å². The number of piperidine rings is 1. The van der Waals surface area contributed by atoms with Crippen LogP contribution in [0.1, 0.15) is 31.2 Å². The van der Waals surface area contributed by atoms with Crippen molar-refractivity contribution in [3.05, 3.63) is 48.3 Å². The third-order valence-corrected chi connectivity index (χ3v) is 6.15. The van der Waals surface area contributed by atoms with Crippen molar-refractivity contribution in [2.45, 2.75) is 44.2 Å². The van der Waals surface area contributed by atoms with E-state index in [4.69, 9.17) is 0 Å². The lowest BCUT2D eigenvalue weighted by atomic mass is 9.68. The molecule has 2 amide bonds. The van der Waals surface area contributed by atoms with Gasteiger partial charge in [-0.2, -0.15) is 0 Å². The molecule has 2 atom stereocenters. The maximum absolute atomic E-state index is 12.9. The molecule has 0 aliphatic carbocycles. The molecule has 148 valence electrons. The van der Waals surface area contributed by atoms with Crippen LogP contribution in [0.4, 0.5) is 10.5 Å². The summed E-state index contributed by atoms with van der Waals surface area (Å²) in [6.07, 6.45) is 6.36. The zero-order valence-corrected chi connectivity index (χ0v) is 16.0. The fourth-order valence-electron chi connectivity index (χ4n) is 4.64. The molecule has 2 saturated heterocycles. The molecule has 2 fully saturated rings. The normalized spacial score (nSPS) is 22.9. The number of aromatic nitrogens is 3. The maximum Gasteiger partial charge on any atom is 0.329 e. The largest absolute Gasteiger partial charge is 0.479 e. The van der Waals surface area contributed by atoms with Gasteiger partial charge in [0.1, 0.15) is 5.54 Å². The number of carbonyl (C=O) groups is 2. The molecule has 0 saturated carbocycles. The molecule has 4 heterocycles. The predicted octanol–water partition coefficient (Wildman–Crippen LogP) is 3.32. The van der Waals surface area contributed by atoms with Gasteiger partial charge in [-0.05, 0) is 56.0 Å². The molecule has 5 rings (SSSR count). The Kier molecular flexibility index (Phi) is 3.84. The van der Waals surface area contributed by atoms with Gasteiger partial charge in [-0.15, -0.1) is 5.10 Å². The van der Waals surface area contributed by atoms with Gasteiger partial charge in [-0.3, -0.25) is 0 Å². The molecule has 2 aromatic heterocycles. The van der Waals surface area contributed by atoms with Crippen LogP contribution in [0.25, 0.3) is 16.9 Å². The second kappa shape index (κ2) is 6.30. The number of fused-ring (bicyclic) bond motifs is 3. The molecule has 2 bridgehead atoms. The van der Waals surface area contributed by atoms with Gasteiger partial charge in [0.25, 0.3) is 0 Å². The zero-order chi connectivity index (χ0) is 20.2. The summed E-state index contributed by atoms with van der Waals surface area (Å²) in [7, 11) is 0. The van der Waals surface area contributed by atoms with Crippen LogP contribution in [0, 0.1) is 6.92 Å². The van der Waals surface area contributed by atoms with E-state index in [2.05, 4.69) is 15.4 Å². The minimum absolute atomic E-state index is 0.00394. The summed E-state index contributed by atoms with van der Waals surface area (Å²) < 4.78 is 1.75. The molecule has 29 heavy (non-hydrogen) atoms. The molecule has 8 heteroatoms. The SMILES string of the molecule is Cc1ccc(NC(=O)N2[C@@H]3CCC[C@@]2(C(=O)O)C3)cc1-c1ncc2cccn2n1. The molecule has 2 N–H and O–H groups in total. The summed E-state index contributed by atoms with van der Waals surface area (Å²) in [6, 6.07) is 9.02. The highest BCUT2D eigenvalue weighted by molar-refractivity contribution is 5.96. The minimum Gasteiger partial charge on any atom is -0.479 e. The van der Waals surface area contributed by atoms with Crippen LogP contribution in [0.15, 0.2) is 42.7 Å². The first-order valence-corrected chi connectivity index (χ1v) is 9.73. The molecule has 0 unspecified atom stereocenters. The van der Waals surface area contributed by atoms with Crippen LogP contribution in [0.2, 0.25) is 0 Å². The average Bonchev–Trinajstić information content (AvgIpc) is 3.17. The Hall–Kier alpha value is -3.42. The van der Waals surface area contributed by atoms with Crippen molar-refractivity contribution < 1.29 is 14.7 Å². The number of anilines is 1. The van der Waals surface area contributed by atoms with Crippen LogP contribution in [0.3, 0.4) is 0 Å². The molecule has 3 aromatic rings. The van der Waals surface area contributed by atoms with E-state index in [0.717, 1.165) is 29.5 Å². The Morgan fingerprint density at radius 2 is 2.17 bits per heavy atom. The van der Waals surface area contributed by atoms with E-state index in [1.54, 1.807) is 10.7 Å². The van der Waals surface area contributed by atoms with E-state index < -0.39 is 11.5 Å². The van der Waals surface area contributed by atoms with Crippen molar-refractivity contribution >= 4 is 23.2 Å². The molecular weight excluding hydrogens is 370 g/mol. The molecule has 2 aliphatic heterocycles. The van der Waals surface area contributed by atoms with E-state index in [9.17, 15) is 14.7 Å². The number of hydrogen-bond donors (Lipinski definition) is 2. The third kappa shape index (κ3) is 2.66. The Bertz CT molecular complexity index is 1140. The van der Waals surface area contributed by atoms with Gasteiger partial charge in [0.05, 0.1) is 11.7 Å². The highest BCUT2D eigenvalue weighted by Gasteiger charge is 2.61. The molecule has 2 aliphatic rings. The number of rotatable bonds is 3. The summed E-state index contributed by atoms with van der Waals surface area (Å²) in [5.74, 6) is -0.355. The first-order valence-electron chi connectivity index (χ1n) is 9.73. The van der Waals surface area contributed by atoms with Crippen LogP contribution in [0.5, 0.6) is 0 Å². The highest BCUT2D eigenvalue weighted by atomic mass is 16.4. The monoisotopic (exact) mass is 391 g/mol. The van der Waals surface area contributed by atoms with Crippen molar-refractivity contribution in [1.82, 2.24) is 19.5 Å². The molecular formula is C21H21N5O3. The van der Waals surface area contributed by atoms with Crippen LogP contribution in [-0.2, 0) is 4.79 Å². The maximum atomic E-state index is 12.9. The summed E-state index contributed by atoms with van der Waals surface area (Å²) in [6.45, 7) is 1.96. The number of carboxylic acids is 1. The molecule has 0 spiro atoms. The van der Waals surface area contributed by atoms with Crippen LogP contribution in [-0.4, -0.2) is 48.2 Å². The van der Waals surface area contributed by atoms with Crippen molar-refractivity contribution in [1.29, 1.82) is 0 Å². The van der Waals surface area contributed by atoms with Crippen LogP contribution >= 0.6 is 0 Å². The lowest BCUT2D eigenvalue weighted by Gasteiger charge is -2.59. The van der Waals surface area contributed by atoms with Crippen molar-refractivity contribution in [3.8, 4) is 11.4 Å². The number of aliphatic carboxylic acids is 1. The number of benzene rings is 1. The number of carboxylic acid groups (broad SMARTS) is 1. The van der Waals surface area contributed by atoms with E-state index in [1.165, 1.54) is 4.90 Å². The zero-order valence-electron chi connectivity index (χ0n) is 16.0. The minimum atomic E-state index is -1.05. The van der Waals surface area contributed by atoms with E-state index in [1.807, 2.05) is 43.5 Å². The smallest absolute Gasteiger partial charge is 0.329 e. The fraction of sp³-hybridized carbons (Fsp3) is 0.333. The fourth-order valence-corrected chi connectivity index (χ4v) is 4.64. The Labute approximate surface area is 167 Å². The number of carbonyl (C=O) groups excluding carboxylic acids is 1. The number of aryl methyl sites for hydroxylation is 1. The van der Waals surface area contributed by atoms with Gasteiger partial charge in [0, 0.05) is 29.9 Å². The first kappa shape index (κ1) is 17.7. The third-order valence-electron chi connectivity index (χ3n) is 6.15. The van der Waals surface area contributed by atoms with Crippen LogP contribution < -0.4 is 5.32 Å². The van der Waals surface area contributed by atoms with Crippen molar-refractivity contribution in [3.63, 3.8) is 0 Å². The molecule has 0 radical (unpaired) electrons. The number of urea groups is 1. The predicted molar refractivity (Wildman–Crippen MR) is 107 cm³/mol. The van der Waals surface area contributed by atoms with Crippen molar-refractivity contribution in [2.75, 3.05) is 5.32 Å². The van der Waals surface area contributed by atoms with Gasteiger partial charge in [-0.25, -0.2) is 19.1 Å². The second-order valence-electron chi connectivity index (χ2n) is 7.88. The Balaban J connectivity index is 1.43. The van der Waals surface area contributed by atoms with Crippen molar-refractivity contribution in [2.24, 2.45) is 0 Å². The van der Waals surface area contributed by atoms with Gasteiger partial charge in [0.15, 0.2) is 5.82 Å². The molecule has 1 aromatic carbocycles. The standard InChI is InChI=1S/C21H21N5O3/c1-13-6-7-14(10-17(13)18-22-12-16-5-3-9-25(16)24-18)23-20(29)26-15-4-2-8-21(26,11-15)19(27)28/h3,5-7,9-10,12,15H,2,4,8,11H2,1H3,(H,23,29)(H,27,28)/t15-,21+/m1/s1. The van der Waals surface area contributed by atoms with Gasteiger partial charge >= 0.3 is 12.0 Å². The molecule has 8 nitrogen and oxygen atoms in total. The van der Waals surface area contributed by atoms with E-state index >= 15 is 0 Å².